The Morgan fingerprint density at radius 3 is 2.00 bits per heavy atom. The van der Waals surface area contributed by atoms with Crippen molar-refractivity contribution in [1.29, 1.82) is 0 Å². The number of alkyl halides is 3. The second-order valence-electron chi connectivity index (χ2n) is 11.9. The van der Waals surface area contributed by atoms with Crippen molar-refractivity contribution in [3.63, 3.8) is 0 Å². The van der Waals surface area contributed by atoms with Crippen molar-refractivity contribution in [3.05, 3.63) is 109 Å². The number of halogens is 3. The minimum absolute atomic E-state index is 0.109. The van der Waals surface area contributed by atoms with Crippen LogP contribution in [0.25, 0.3) is 22.3 Å². The van der Waals surface area contributed by atoms with Gasteiger partial charge in [0.25, 0.3) is 0 Å². The van der Waals surface area contributed by atoms with Crippen molar-refractivity contribution in [3.8, 4) is 11.3 Å². The summed E-state index contributed by atoms with van der Waals surface area (Å²) in [5.74, 6) is 0. The lowest BCUT2D eigenvalue weighted by molar-refractivity contribution is -0.137. The molecule has 1 amide bonds. The Kier molecular flexibility index (Phi) is 9.12. The second-order valence-corrected chi connectivity index (χ2v) is 16.7. The molecular weight excluding hydrogens is 597 g/mol. The molecule has 234 valence electrons. The van der Waals surface area contributed by atoms with Crippen LogP contribution < -0.4 is 16.1 Å². The molecule has 0 spiro atoms. The molecule has 0 aliphatic rings. The topological polar surface area (TPSA) is 92.3 Å². The van der Waals surface area contributed by atoms with Gasteiger partial charge in [0.1, 0.15) is 26.4 Å². The van der Waals surface area contributed by atoms with E-state index in [9.17, 15) is 18.0 Å². The lowest BCUT2D eigenvalue weighted by Crippen LogP contribution is -2.67. The molecule has 0 bridgehead atoms. The van der Waals surface area contributed by atoms with Gasteiger partial charge in [0.05, 0.1) is 12.2 Å². The SMILES string of the molecule is CC(C)(C)[Si](COCC(COC(N)=O)n1nc(-c2ccc(C(F)(F)F)cc2)c2cccnc21)(c1ccccc1)c1ccccc1. The quantitative estimate of drug-likeness (QED) is 0.181. The average Bonchev–Trinajstić information content (AvgIpc) is 3.40. The largest absolute Gasteiger partial charge is 0.447 e. The summed E-state index contributed by atoms with van der Waals surface area (Å²) in [5.41, 5.74) is 6.01. The number of pyridine rings is 1. The van der Waals surface area contributed by atoms with E-state index in [2.05, 4.69) is 50.0 Å². The zero-order chi connectivity index (χ0) is 32.2. The normalized spacial score (nSPS) is 13.1. The van der Waals surface area contributed by atoms with Crippen LogP contribution in [-0.2, 0) is 15.7 Å². The predicted molar refractivity (Wildman–Crippen MR) is 171 cm³/mol. The van der Waals surface area contributed by atoms with Crippen molar-refractivity contribution in [2.24, 2.45) is 5.73 Å². The zero-order valence-corrected chi connectivity index (χ0v) is 26.3. The summed E-state index contributed by atoms with van der Waals surface area (Å²) in [6.07, 6.45) is -3.37. The number of ether oxygens (including phenoxy) is 2. The summed E-state index contributed by atoms with van der Waals surface area (Å²) in [7, 11) is -2.58. The van der Waals surface area contributed by atoms with Gasteiger partial charge in [-0.15, -0.1) is 0 Å². The lowest BCUT2D eigenvalue weighted by Gasteiger charge is -2.44. The molecule has 5 aromatic rings. The maximum absolute atomic E-state index is 13.2. The summed E-state index contributed by atoms with van der Waals surface area (Å²) in [6.45, 7) is 6.67. The molecule has 0 saturated carbocycles. The van der Waals surface area contributed by atoms with Crippen LogP contribution in [0.3, 0.4) is 0 Å². The number of fused-ring (bicyclic) bond motifs is 1. The number of hydrogen-bond donors (Lipinski definition) is 1. The van der Waals surface area contributed by atoms with Gasteiger partial charge in [-0.05, 0) is 29.3 Å². The maximum Gasteiger partial charge on any atom is 0.416 e. The Bertz CT molecular complexity index is 1700. The number of aromatic nitrogens is 3. The Balaban J connectivity index is 1.53. The third-order valence-corrected chi connectivity index (χ3v) is 14.0. The summed E-state index contributed by atoms with van der Waals surface area (Å²) < 4.78 is 53.2. The highest BCUT2D eigenvalue weighted by atomic mass is 28.3. The third-order valence-electron chi connectivity index (χ3n) is 8.16. The van der Waals surface area contributed by atoms with Crippen molar-refractivity contribution in [1.82, 2.24) is 14.8 Å². The van der Waals surface area contributed by atoms with E-state index in [0.717, 1.165) is 12.1 Å². The monoisotopic (exact) mass is 632 g/mol. The van der Waals surface area contributed by atoms with Crippen LogP contribution in [0.15, 0.2) is 103 Å². The Labute approximate surface area is 260 Å². The molecule has 0 aliphatic heterocycles. The molecule has 2 aromatic heterocycles. The molecular formula is C34H35F3N4O3Si. The first kappa shape index (κ1) is 31.9. The maximum atomic E-state index is 13.2. The molecule has 2 heterocycles. The minimum atomic E-state index is -4.46. The third kappa shape index (κ3) is 6.64. The van der Waals surface area contributed by atoms with E-state index >= 15 is 0 Å². The number of rotatable bonds is 10. The number of benzene rings is 3. The minimum Gasteiger partial charge on any atom is -0.447 e. The van der Waals surface area contributed by atoms with Crippen molar-refractivity contribution >= 4 is 35.6 Å². The van der Waals surface area contributed by atoms with E-state index in [1.54, 1.807) is 23.0 Å². The van der Waals surface area contributed by atoms with Crippen molar-refractivity contribution in [2.45, 2.75) is 38.0 Å². The van der Waals surface area contributed by atoms with E-state index < -0.39 is 31.9 Å². The second kappa shape index (κ2) is 12.9. The van der Waals surface area contributed by atoms with Gasteiger partial charge in [-0.2, -0.15) is 18.3 Å². The van der Waals surface area contributed by atoms with Crippen molar-refractivity contribution in [2.75, 3.05) is 19.4 Å². The molecule has 0 radical (unpaired) electrons. The van der Waals surface area contributed by atoms with E-state index in [1.807, 2.05) is 36.4 Å². The number of amides is 1. The standard InChI is InChI=1S/C34H35F3N4O3Si/c1-33(2,3)45(27-11-6-4-7-12-27,28-13-8-5-9-14-28)23-43-21-26(22-44-32(38)42)41-31-29(15-10-20-39-31)30(40-41)24-16-18-25(19-17-24)34(35,36)37/h4-20,26H,21-23H2,1-3H3,(H2,38,42). The number of carbonyl (C=O) groups excluding carboxylic acids is 1. The smallest absolute Gasteiger partial charge is 0.416 e. The molecule has 7 nitrogen and oxygen atoms in total. The number of nitrogens with two attached hydrogens (primary N) is 1. The predicted octanol–water partition coefficient (Wildman–Crippen LogP) is 6.37. The molecule has 2 N–H and O–H groups in total. The Morgan fingerprint density at radius 2 is 1.47 bits per heavy atom. The summed E-state index contributed by atoms with van der Waals surface area (Å²) >= 11 is 0. The lowest BCUT2D eigenvalue weighted by atomic mass is 10.1. The molecule has 1 unspecified atom stereocenters. The molecule has 1 atom stereocenters. The van der Waals surface area contributed by atoms with Crippen LogP contribution in [0.4, 0.5) is 18.0 Å². The fraction of sp³-hybridized carbons (Fsp3) is 0.265. The first-order chi connectivity index (χ1) is 21.4. The summed E-state index contributed by atoms with van der Waals surface area (Å²) in [5, 5.41) is 7.72. The van der Waals surface area contributed by atoms with Gasteiger partial charge < -0.3 is 15.2 Å². The highest BCUT2D eigenvalue weighted by molar-refractivity contribution is 7.04. The molecule has 11 heteroatoms. The van der Waals surface area contributed by atoms with E-state index in [0.29, 0.717) is 28.5 Å². The van der Waals surface area contributed by atoms with E-state index in [4.69, 9.17) is 20.3 Å². The molecule has 0 saturated heterocycles. The average molecular weight is 633 g/mol. The summed E-state index contributed by atoms with van der Waals surface area (Å²) in [6, 6.07) is 28.5. The van der Waals surface area contributed by atoms with E-state index in [-0.39, 0.29) is 18.3 Å². The Morgan fingerprint density at radius 1 is 0.867 bits per heavy atom. The van der Waals surface area contributed by atoms with Crippen LogP contribution in [0.5, 0.6) is 0 Å². The first-order valence-corrected chi connectivity index (χ1v) is 16.7. The molecule has 0 fully saturated rings. The number of carbonyl (C=O) groups is 1. The first-order valence-electron chi connectivity index (χ1n) is 14.5. The number of nitrogens with zero attached hydrogens (tertiary/aromatic N) is 3. The van der Waals surface area contributed by atoms with Gasteiger partial charge in [-0.25, -0.2) is 14.5 Å². The van der Waals surface area contributed by atoms with Gasteiger partial charge in [-0.3, -0.25) is 0 Å². The van der Waals surface area contributed by atoms with Gasteiger partial charge >= 0.3 is 12.3 Å². The molecule has 3 aromatic carbocycles. The molecule has 5 rings (SSSR count). The van der Waals surface area contributed by atoms with Crippen LogP contribution in [0.1, 0.15) is 32.4 Å². The highest BCUT2D eigenvalue weighted by Crippen LogP contribution is 2.37. The van der Waals surface area contributed by atoms with Gasteiger partial charge in [0.15, 0.2) is 5.65 Å². The highest BCUT2D eigenvalue weighted by Gasteiger charge is 2.48. The van der Waals surface area contributed by atoms with Crippen LogP contribution in [-0.4, -0.2) is 48.4 Å². The number of hydrogen-bond acceptors (Lipinski definition) is 5. The molecule has 0 aliphatic carbocycles. The van der Waals surface area contributed by atoms with Crippen LogP contribution in [0.2, 0.25) is 5.04 Å². The van der Waals surface area contributed by atoms with Gasteiger partial charge in [-0.1, -0.05) is 104 Å². The van der Waals surface area contributed by atoms with Crippen LogP contribution in [0, 0.1) is 0 Å². The van der Waals surface area contributed by atoms with Gasteiger partial charge in [0, 0.05) is 23.4 Å². The Hall–Kier alpha value is -4.48. The van der Waals surface area contributed by atoms with E-state index in [1.165, 1.54) is 22.5 Å². The fourth-order valence-electron chi connectivity index (χ4n) is 5.84. The fourth-order valence-corrected chi connectivity index (χ4v) is 10.6. The van der Waals surface area contributed by atoms with Crippen LogP contribution >= 0.6 is 0 Å². The number of primary amides is 1. The molecule has 45 heavy (non-hydrogen) atoms. The summed E-state index contributed by atoms with van der Waals surface area (Å²) in [4.78, 5) is 16.2. The van der Waals surface area contributed by atoms with Gasteiger partial charge in [0.2, 0.25) is 0 Å². The zero-order valence-electron chi connectivity index (χ0n) is 25.3. The van der Waals surface area contributed by atoms with Crippen molar-refractivity contribution < 1.29 is 27.4 Å².